The van der Waals surface area contributed by atoms with Gasteiger partial charge in [-0.15, -0.1) is 11.3 Å². The van der Waals surface area contributed by atoms with Gasteiger partial charge in [0.15, 0.2) is 0 Å². The lowest BCUT2D eigenvalue weighted by atomic mass is 10.4. The average molecular weight is 213 g/mol. The highest BCUT2D eigenvalue weighted by Gasteiger charge is 2.13. The highest BCUT2D eigenvalue weighted by molar-refractivity contribution is 7.09. The van der Waals surface area contributed by atoms with Crippen molar-refractivity contribution in [3.63, 3.8) is 0 Å². The fourth-order valence-corrected chi connectivity index (χ4v) is 1.78. The Labute approximate surface area is 87.7 Å². The maximum Gasteiger partial charge on any atom is 0.273 e. The van der Waals surface area contributed by atoms with Gasteiger partial charge in [0.25, 0.3) is 5.91 Å². The molecule has 0 saturated carbocycles. The Kier molecular flexibility index (Phi) is 4.03. The molecular formula is C9H15N3OS. The van der Waals surface area contributed by atoms with Gasteiger partial charge >= 0.3 is 0 Å². The number of amides is 1. The Morgan fingerprint density at radius 1 is 1.71 bits per heavy atom. The van der Waals surface area contributed by atoms with E-state index in [9.17, 15) is 4.79 Å². The van der Waals surface area contributed by atoms with Crippen LogP contribution in [0.4, 0.5) is 0 Å². The summed E-state index contributed by atoms with van der Waals surface area (Å²) in [7, 11) is 1.79. The lowest BCUT2D eigenvalue weighted by molar-refractivity contribution is 0.0790. The smallest absolute Gasteiger partial charge is 0.273 e. The van der Waals surface area contributed by atoms with E-state index in [1.54, 1.807) is 17.3 Å². The van der Waals surface area contributed by atoms with E-state index in [-0.39, 0.29) is 5.91 Å². The molecule has 0 aromatic carbocycles. The largest absolute Gasteiger partial charge is 0.340 e. The van der Waals surface area contributed by atoms with Crippen LogP contribution in [0.3, 0.4) is 0 Å². The van der Waals surface area contributed by atoms with Gasteiger partial charge in [0.05, 0.1) is 0 Å². The molecule has 0 aliphatic carbocycles. The number of hydrogen-bond acceptors (Lipinski definition) is 4. The summed E-state index contributed by atoms with van der Waals surface area (Å²) in [5, 5.41) is 2.56. The number of rotatable bonds is 4. The predicted molar refractivity (Wildman–Crippen MR) is 57.3 cm³/mol. The van der Waals surface area contributed by atoms with Crippen LogP contribution < -0.4 is 5.73 Å². The molecule has 1 aromatic rings. The van der Waals surface area contributed by atoms with Crippen molar-refractivity contribution >= 4 is 17.2 Å². The number of nitrogens with zero attached hydrogens (tertiary/aromatic N) is 2. The molecular weight excluding hydrogens is 198 g/mol. The summed E-state index contributed by atoms with van der Waals surface area (Å²) < 4.78 is 0. The van der Waals surface area contributed by atoms with Gasteiger partial charge in [0, 0.05) is 25.5 Å². The van der Waals surface area contributed by atoms with Crippen LogP contribution >= 0.6 is 11.3 Å². The first-order chi connectivity index (χ1) is 6.69. The van der Waals surface area contributed by atoms with Crippen molar-refractivity contribution in [2.45, 2.75) is 19.9 Å². The first kappa shape index (κ1) is 11.1. The standard InChI is InChI=1S/C9H15N3OS/c1-3-4-12(2)9(13)7-6-14-8(5-10)11-7/h6H,3-5,10H2,1-2H3. The van der Waals surface area contributed by atoms with E-state index >= 15 is 0 Å². The first-order valence-electron chi connectivity index (χ1n) is 4.59. The molecule has 0 aliphatic heterocycles. The Bertz CT molecular complexity index is 311. The minimum atomic E-state index is -0.0252. The lowest BCUT2D eigenvalue weighted by Gasteiger charge is -2.13. The number of carbonyl (C=O) groups excluding carboxylic acids is 1. The number of nitrogens with two attached hydrogens (primary N) is 1. The highest BCUT2D eigenvalue weighted by Crippen LogP contribution is 2.10. The second kappa shape index (κ2) is 5.07. The monoisotopic (exact) mass is 213 g/mol. The summed E-state index contributed by atoms with van der Waals surface area (Å²) in [5.74, 6) is -0.0252. The van der Waals surface area contributed by atoms with E-state index in [0.717, 1.165) is 18.0 Å². The second-order valence-corrected chi connectivity index (χ2v) is 4.00. The number of aromatic nitrogens is 1. The molecule has 0 fully saturated rings. The molecule has 1 heterocycles. The lowest BCUT2D eigenvalue weighted by Crippen LogP contribution is -2.27. The van der Waals surface area contributed by atoms with Gasteiger partial charge in [-0.2, -0.15) is 0 Å². The fraction of sp³-hybridized carbons (Fsp3) is 0.556. The topological polar surface area (TPSA) is 59.2 Å². The third-order valence-electron chi connectivity index (χ3n) is 1.85. The van der Waals surface area contributed by atoms with Gasteiger partial charge in [-0.3, -0.25) is 4.79 Å². The molecule has 0 spiro atoms. The number of carbonyl (C=O) groups is 1. The van der Waals surface area contributed by atoms with Gasteiger partial charge in [0.1, 0.15) is 10.7 Å². The summed E-state index contributed by atoms with van der Waals surface area (Å²) in [4.78, 5) is 17.5. The summed E-state index contributed by atoms with van der Waals surface area (Å²) in [6, 6.07) is 0. The van der Waals surface area contributed by atoms with Crippen LogP contribution in [-0.4, -0.2) is 29.4 Å². The average Bonchev–Trinajstić information content (AvgIpc) is 2.65. The van der Waals surface area contributed by atoms with Crippen molar-refractivity contribution < 1.29 is 4.79 Å². The van der Waals surface area contributed by atoms with E-state index in [1.807, 2.05) is 6.92 Å². The molecule has 4 nitrogen and oxygen atoms in total. The third kappa shape index (κ3) is 2.52. The van der Waals surface area contributed by atoms with E-state index < -0.39 is 0 Å². The Hall–Kier alpha value is -0.940. The first-order valence-corrected chi connectivity index (χ1v) is 5.47. The zero-order valence-corrected chi connectivity index (χ0v) is 9.30. The maximum absolute atomic E-state index is 11.7. The van der Waals surface area contributed by atoms with Crippen LogP contribution in [0.5, 0.6) is 0 Å². The molecule has 78 valence electrons. The molecule has 2 N–H and O–H groups in total. The van der Waals surface area contributed by atoms with Crippen molar-refractivity contribution in [2.75, 3.05) is 13.6 Å². The highest BCUT2D eigenvalue weighted by atomic mass is 32.1. The van der Waals surface area contributed by atoms with Crippen LogP contribution in [0.2, 0.25) is 0 Å². The predicted octanol–water partition coefficient (Wildman–Crippen LogP) is 1.08. The van der Waals surface area contributed by atoms with E-state index in [2.05, 4.69) is 4.98 Å². The summed E-state index contributed by atoms with van der Waals surface area (Å²) in [5.41, 5.74) is 5.93. The van der Waals surface area contributed by atoms with Crippen LogP contribution in [0.25, 0.3) is 0 Å². The second-order valence-electron chi connectivity index (χ2n) is 3.06. The third-order valence-corrected chi connectivity index (χ3v) is 2.72. The quantitative estimate of drug-likeness (QED) is 0.814. The van der Waals surface area contributed by atoms with Crippen LogP contribution in [0.15, 0.2) is 5.38 Å². The molecule has 0 saturated heterocycles. The van der Waals surface area contributed by atoms with Crippen molar-refractivity contribution in [3.05, 3.63) is 16.1 Å². The molecule has 14 heavy (non-hydrogen) atoms. The van der Waals surface area contributed by atoms with Crippen molar-refractivity contribution in [1.82, 2.24) is 9.88 Å². The molecule has 0 radical (unpaired) electrons. The summed E-state index contributed by atoms with van der Waals surface area (Å²) >= 11 is 1.43. The Morgan fingerprint density at radius 2 is 2.43 bits per heavy atom. The fourth-order valence-electron chi connectivity index (χ4n) is 1.14. The zero-order valence-electron chi connectivity index (χ0n) is 8.49. The number of thiazole rings is 1. The Balaban J connectivity index is 2.68. The Morgan fingerprint density at radius 3 is 2.93 bits per heavy atom. The maximum atomic E-state index is 11.7. The summed E-state index contributed by atoms with van der Waals surface area (Å²) in [6.45, 7) is 3.19. The van der Waals surface area contributed by atoms with E-state index in [4.69, 9.17) is 5.73 Å². The van der Waals surface area contributed by atoms with Crippen LogP contribution in [0.1, 0.15) is 28.8 Å². The molecule has 0 aliphatic rings. The molecule has 0 unspecified atom stereocenters. The van der Waals surface area contributed by atoms with Gasteiger partial charge in [-0.25, -0.2) is 4.98 Å². The van der Waals surface area contributed by atoms with E-state index in [1.165, 1.54) is 11.3 Å². The molecule has 1 rings (SSSR count). The van der Waals surface area contributed by atoms with Gasteiger partial charge in [-0.05, 0) is 6.42 Å². The van der Waals surface area contributed by atoms with Crippen molar-refractivity contribution in [2.24, 2.45) is 5.73 Å². The van der Waals surface area contributed by atoms with Crippen molar-refractivity contribution in [3.8, 4) is 0 Å². The van der Waals surface area contributed by atoms with Gasteiger partial charge < -0.3 is 10.6 Å². The minimum absolute atomic E-state index is 0.0252. The normalized spacial score (nSPS) is 10.2. The van der Waals surface area contributed by atoms with Gasteiger partial charge in [-0.1, -0.05) is 6.92 Å². The van der Waals surface area contributed by atoms with Crippen LogP contribution in [-0.2, 0) is 6.54 Å². The molecule has 5 heteroatoms. The van der Waals surface area contributed by atoms with Crippen molar-refractivity contribution in [1.29, 1.82) is 0 Å². The summed E-state index contributed by atoms with van der Waals surface area (Å²) in [6.07, 6.45) is 0.954. The molecule has 0 bridgehead atoms. The minimum Gasteiger partial charge on any atom is -0.340 e. The number of hydrogen-bond donors (Lipinski definition) is 1. The van der Waals surface area contributed by atoms with Gasteiger partial charge in [0.2, 0.25) is 0 Å². The molecule has 1 amide bonds. The van der Waals surface area contributed by atoms with E-state index in [0.29, 0.717) is 12.2 Å². The SMILES string of the molecule is CCCN(C)C(=O)c1csc(CN)n1. The molecule has 1 aromatic heterocycles. The zero-order chi connectivity index (χ0) is 10.6. The van der Waals surface area contributed by atoms with Crippen LogP contribution in [0, 0.1) is 0 Å². The molecule has 0 atom stereocenters.